The quantitative estimate of drug-likeness (QED) is 0.544. The van der Waals surface area contributed by atoms with E-state index in [-0.39, 0.29) is 0 Å². The van der Waals surface area contributed by atoms with Crippen molar-refractivity contribution in [3.05, 3.63) is 0 Å². The minimum atomic E-state index is 0.681. The van der Waals surface area contributed by atoms with Crippen LogP contribution in [0.2, 0.25) is 0 Å². The molecule has 0 amide bonds. The van der Waals surface area contributed by atoms with Crippen LogP contribution in [0.25, 0.3) is 0 Å². The number of hydrogen-bond donors (Lipinski definition) is 0. The van der Waals surface area contributed by atoms with E-state index >= 15 is 0 Å². The molecule has 0 N–H and O–H groups in total. The molecule has 12 heavy (non-hydrogen) atoms. The van der Waals surface area contributed by atoms with Gasteiger partial charge in [-0.3, -0.25) is 0 Å². The third-order valence-electron chi connectivity index (χ3n) is 3.95. The molecule has 0 aromatic carbocycles. The molecule has 1 unspecified atom stereocenters. The highest BCUT2D eigenvalue weighted by molar-refractivity contribution is 7.19. The van der Waals surface area contributed by atoms with E-state index in [1.165, 1.54) is 57.8 Å². The zero-order valence-electron chi connectivity index (χ0n) is 8.02. The molecule has 2 saturated carbocycles. The third kappa shape index (κ3) is 1.69. The Hall–Kier alpha value is 0.430. The maximum Gasteiger partial charge on any atom is -0.0122 e. The summed E-state index contributed by atoms with van der Waals surface area (Å²) in [6, 6.07) is 0. The van der Waals surface area contributed by atoms with Crippen LogP contribution in [0.5, 0.6) is 0 Å². The van der Waals surface area contributed by atoms with Crippen LogP contribution in [-0.4, -0.2) is 5.16 Å². The molecular formula is C11H21P. The Bertz CT molecular complexity index is 141. The van der Waals surface area contributed by atoms with Crippen molar-refractivity contribution in [2.45, 2.75) is 62.9 Å². The van der Waals surface area contributed by atoms with Gasteiger partial charge >= 0.3 is 0 Å². The van der Waals surface area contributed by atoms with Gasteiger partial charge in [-0.2, -0.15) is 0 Å². The van der Waals surface area contributed by atoms with Gasteiger partial charge in [0.15, 0.2) is 0 Å². The lowest BCUT2D eigenvalue weighted by atomic mass is 9.78. The normalized spacial score (nSPS) is 30.8. The lowest BCUT2D eigenvalue weighted by molar-refractivity contribution is 0.279. The van der Waals surface area contributed by atoms with Crippen LogP contribution in [0.4, 0.5) is 0 Å². The molecule has 0 bridgehead atoms. The molecule has 0 heterocycles. The van der Waals surface area contributed by atoms with Gasteiger partial charge in [-0.25, -0.2) is 0 Å². The summed E-state index contributed by atoms with van der Waals surface area (Å²) in [7, 11) is 3.20. The lowest BCUT2D eigenvalue weighted by Gasteiger charge is -2.36. The maximum atomic E-state index is 3.20. The van der Waals surface area contributed by atoms with Crippen molar-refractivity contribution in [2.75, 3.05) is 0 Å². The smallest absolute Gasteiger partial charge is 0.0122 e. The highest BCUT2D eigenvalue weighted by atomic mass is 31.0. The minimum absolute atomic E-state index is 0.681. The Balaban J connectivity index is 1.96. The summed E-state index contributed by atoms with van der Waals surface area (Å²) in [5, 5.41) is 0.681. The van der Waals surface area contributed by atoms with E-state index in [0.717, 1.165) is 5.92 Å². The van der Waals surface area contributed by atoms with Crippen LogP contribution in [0.3, 0.4) is 0 Å². The standard InChI is InChI=1S/C11H21P/c12-11(8-4-5-9-11)10-6-2-1-3-7-10/h10H,1-9,12H2. The molecule has 2 fully saturated rings. The van der Waals surface area contributed by atoms with E-state index in [1.54, 1.807) is 0 Å². The Morgan fingerprint density at radius 3 is 2.00 bits per heavy atom. The predicted octanol–water partition coefficient (Wildman–Crippen LogP) is 3.75. The molecule has 0 aliphatic heterocycles. The van der Waals surface area contributed by atoms with Crippen LogP contribution < -0.4 is 0 Å². The topological polar surface area (TPSA) is 0 Å². The highest BCUT2D eigenvalue weighted by Crippen LogP contribution is 2.48. The molecule has 0 aromatic rings. The monoisotopic (exact) mass is 184 g/mol. The first-order valence-corrected chi connectivity index (χ1v) is 6.18. The van der Waals surface area contributed by atoms with Gasteiger partial charge in [0.2, 0.25) is 0 Å². The van der Waals surface area contributed by atoms with Crippen molar-refractivity contribution in [1.29, 1.82) is 0 Å². The van der Waals surface area contributed by atoms with E-state index in [1.807, 2.05) is 0 Å². The summed E-state index contributed by atoms with van der Waals surface area (Å²) >= 11 is 0. The van der Waals surface area contributed by atoms with Gasteiger partial charge in [0.05, 0.1) is 0 Å². The molecule has 1 heteroatoms. The third-order valence-corrected chi connectivity index (χ3v) is 5.00. The minimum Gasteiger partial charge on any atom is -0.131 e. The first-order valence-electron chi connectivity index (χ1n) is 5.60. The molecular weight excluding hydrogens is 163 g/mol. The zero-order chi connectivity index (χ0) is 8.44. The first kappa shape index (κ1) is 9.00. The zero-order valence-corrected chi connectivity index (χ0v) is 9.17. The summed E-state index contributed by atoms with van der Waals surface area (Å²) in [4.78, 5) is 0. The average molecular weight is 184 g/mol. The molecule has 0 nitrogen and oxygen atoms in total. The Kier molecular flexibility index (Phi) is 2.75. The lowest BCUT2D eigenvalue weighted by Crippen LogP contribution is -2.29. The fourth-order valence-corrected chi connectivity index (χ4v) is 3.86. The number of rotatable bonds is 1. The second-order valence-corrected chi connectivity index (χ2v) is 5.93. The van der Waals surface area contributed by atoms with Gasteiger partial charge in [-0.1, -0.05) is 32.1 Å². The summed E-state index contributed by atoms with van der Waals surface area (Å²) in [6.07, 6.45) is 13.5. The van der Waals surface area contributed by atoms with Crippen LogP contribution in [0.1, 0.15) is 57.8 Å². The summed E-state index contributed by atoms with van der Waals surface area (Å²) in [5.41, 5.74) is 0. The fraction of sp³-hybridized carbons (Fsp3) is 1.00. The van der Waals surface area contributed by atoms with Crippen molar-refractivity contribution in [3.63, 3.8) is 0 Å². The SMILES string of the molecule is PC1(C2CCCCC2)CCCC1. The van der Waals surface area contributed by atoms with E-state index in [4.69, 9.17) is 0 Å². The van der Waals surface area contributed by atoms with E-state index in [9.17, 15) is 0 Å². The van der Waals surface area contributed by atoms with Crippen molar-refractivity contribution in [1.82, 2.24) is 0 Å². The highest BCUT2D eigenvalue weighted by Gasteiger charge is 2.37. The van der Waals surface area contributed by atoms with Crippen LogP contribution in [-0.2, 0) is 0 Å². The predicted molar refractivity (Wildman–Crippen MR) is 57.5 cm³/mol. The first-order chi connectivity index (χ1) is 5.81. The van der Waals surface area contributed by atoms with Gasteiger partial charge < -0.3 is 0 Å². The summed E-state index contributed by atoms with van der Waals surface area (Å²) in [6.45, 7) is 0. The molecule has 70 valence electrons. The Morgan fingerprint density at radius 1 is 0.833 bits per heavy atom. The molecule has 0 saturated heterocycles. The molecule has 0 aromatic heterocycles. The van der Waals surface area contributed by atoms with Crippen molar-refractivity contribution in [3.8, 4) is 0 Å². The summed E-state index contributed by atoms with van der Waals surface area (Å²) < 4.78 is 0. The molecule has 0 radical (unpaired) electrons. The molecule has 2 aliphatic carbocycles. The van der Waals surface area contributed by atoms with Gasteiger partial charge in [0, 0.05) is 0 Å². The van der Waals surface area contributed by atoms with Gasteiger partial charge in [0.25, 0.3) is 0 Å². The fourth-order valence-electron chi connectivity index (χ4n) is 3.12. The van der Waals surface area contributed by atoms with Gasteiger partial charge in [-0.05, 0) is 36.8 Å². The van der Waals surface area contributed by atoms with Gasteiger partial charge in [0.1, 0.15) is 0 Å². The summed E-state index contributed by atoms with van der Waals surface area (Å²) in [5.74, 6) is 1.05. The molecule has 2 rings (SSSR count). The van der Waals surface area contributed by atoms with Crippen molar-refractivity contribution >= 4 is 9.24 Å². The van der Waals surface area contributed by atoms with Crippen LogP contribution >= 0.6 is 9.24 Å². The Labute approximate surface area is 78.7 Å². The molecule has 2 aliphatic rings. The van der Waals surface area contributed by atoms with E-state index < -0.39 is 0 Å². The maximum absolute atomic E-state index is 3.20. The van der Waals surface area contributed by atoms with Crippen LogP contribution in [0.15, 0.2) is 0 Å². The average Bonchev–Trinajstić information content (AvgIpc) is 2.55. The van der Waals surface area contributed by atoms with Crippen molar-refractivity contribution < 1.29 is 0 Å². The number of hydrogen-bond acceptors (Lipinski definition) is 0. The van der Waals surface area contributed by atoms with Crippen LogP contribution in [0, 0.1) is 5.92 Å². The Morgan fingerprint density at radius 2 is 1.42 bits per heavy atom. The second-order valence-electron chi connectivity index (χ2n) is 4.78. The van der Waals surface area contributed by atoms with E-state index in [2.05, 4.69) is 9.24 Å². The largest absolute Gasteiger partial charge is 0.131 e. The molecule has 1 atom stereocenters. The second kappa shape index (κ2) is 3.66. The van der Waals surface area contributed by atoms with Gasteiger partial charge in [-0.15, -0.1) is 9.24 Å². The molecule has 0 spiro atoms. The van der Waals surface area contributed by atoms with E-state index in [0.29, 0.717) is 5.16 Å². The van der Waals surface area contributed by atoms with Crippen molar-refractivity contribution in [2.24, 2.45) is 5.92 Å².